The lowest BCUT2D eigenvalue weighted by molar-refractivity contribution is 0.0966. The van der Waals surface area contributed by atoms with Crippen LogP contribution >= 0.6 is 0 Å². The maximum absolute atomic E-state index is 13.8. The van der Waals surface area contributed by atoms with Gasteiger partial charge in [-0.2, -0.15) is 5.10 Å². The number of nitrogens with zero attached hydrogens (tertiary/aromatic N) is 2. The van der Waals surface area contributed by atoms with Crippen molar-refractivity contribution in [1.82, 2.24) is 9.78 Å². The molecule has 9 nitrogen and oxygen atoms in total. The molecule has 220 valence electrons. The number of ketones is 1. The van der Waals surface area contributed by atoms with E-state index in [4.69, 9.17) is 24.0 Å². The van der Waals surface area contributed by atoms with Gasteiger partial charge >= 0.3 is 0 Å². The molecule has 0 unspecified atom stereocenters. The fraction of sp³-hybridized carbons (Fsp3) is 0.235. The van der Waals surface area contributed by atoms with Gasteiger partial charge in [-0.1, -0.05) is 30.3 Å². The Morgan fingerprint density at radius 3 is 2.44 bits per heavy atom. The maximum Gasteiger partial charge on any atom is 0.193 e. The molecule has 1 aliphatic heterocycles. The number of aryl methyl sites for hydroxylation is 1. The molecule has 0 amide bonds. The maximum atomic E-state index is 13.8. The van der Waals surface area contributed by atoms with Crippen LogP contribution in [0.3, 0.4) is 0 Å². The minimum absolute atomic E-state index is 0.0146. The summed E-state index contributed by atoms with van der Waals surface area (Å²) in [6, 6.07) is 14.9. The summed E-state index contributed by atoms with van der Waals surface area (Å²) in [7, 11) is 4.58. The molecule has 43 heavy (non-hydrogen) atoms. The summed E-state index contributed by atoms with van der Waals surface area (Å²) >= 11 is 0. The van der Waals surface area contributed by atoms with E-state index in [0.717, 1.165) is 5.69 Å². The lowest BCUT2D eigenvalue weighted by Gasteiger charge is -2.34. The zero-order valence-electron chi connectivity index (χ0n) is 24.8. The van der Waals surface area contributed by atoms with Crippen molar-refractivity contribution in [2.75, 3.05) is 21.3 Å². The normalized spacial score (nSPS) is 18.4. The summed E-state index contributed by atoms with van der Waals surface area (Å²) in [5, 5.41) is 28.0. The summed E-state index contributed by atoms with van der Waals surface area (Å²) < 4.78 is 24.6. The number of fused-ring (bicyclic) bond motifs is 4. The van der Waals surface area contributed by atoms with E-state index in [9.17, 15) is 15.0 Å². The van der Waals surface area contributed by atoms with Gasteiger partial charge in [-0.3, -0.25) is 4.79 Å². The minimum atomic E-state index is -1.12. The smallest absolute Gasteiger partial charge is 0.193 e. The zero-order chi connectivity index (χ0) is 30.6. The third-order valence-corrected chi connectivity index (χ3v) is 8.38. The first-order valence-electron chi connectivity index (χ1n) is 13.8. The van der Waals surface area contributed by atoms with Gasteiger partial charge in [0.2, 0.25) is 0 Å². The number of hydrogen-bond donors (Lipinski definition) is 2. The molecule has 0 saturated heterocycles. The Bertz CT molecular complexity index is 1840. The number of rotatable bonds is 7. The molecular formula is C34H32N2O7. The topological polar surface area (TPSA) is 112 Å². The second kappa shape index (κ2) is 10.4. The highest BCUT2D eigenvalue weighted by molar-refractivity contribution is 6.12. The Morgan fingerprint density at radius 2 is 1.77 bits per heavy atom. The molecule has 4 aromatic rings. The number of hydrogen-bond acceptors (Lipinski definition) is 8. The number of phenolic OH excluding ortho intramolecular Hbond substituents is 1. The molecule has 1 aliphatic carbocycles. The van der Waals surface area contributed by atoms with Crippen molar-refractivity contribution in [2.24, 2.45) is 0 Å². The molecule has 3 aromatic carbocycles. The number of aliphatic hydroxyl groups is 1. The lowest BCUT2D eigenvalue weighted by Crippen LogP contribution is -2.34. The van der Waals surface area contributed by atoms with Crippen molar-refractivity contribution in [3.63, 3.8) is 0 Å². The number of para-hydroxylation sites is 1. The molecule has 0 bridgehead atoms. The molecule has 0 spiro atoms. The van der Waals surface area contributed by atoms with E-state index in [1.54, 1.807) is 43.0 Å². The van der Waals surface area contributed by atoms with E-state index in [1.807, 2.05) is 50.3 Å². The fourth-order valence-corrected chi connectivity index (χ4v) is 6.09. The molecule has 0 fully saturated rings. The standard InChI is InChI=1S/C34H32N2O7/c1-18-30(38)28(23(37)14-12-20-13-15-24(40-4)25(16-20)41-5)32-29(31(18)42-6)34(3)26(43-32)17-22-27(33(34)39)19(2)35-36(22)21-10-8-7-9-11-21/h7-17,33,38-39H,1-6H3/b14-12+/t33-,34+/m1/s1. The first kappa shape index (κ1) is 28.1. The summed E-state index contributed by atoms with van der Waals surface area (Å²) in [6.45, 7) is 5.38. The number of aromatic nitrogens is 2. The van der Waals surface area contributed by atoms with Crippen LogP contribution in [0.15, 0.2) is 60.4 Å². The van der Waals surface area contributed by atoms with Crippen molar-refractivity contribution in [1.29, 1.82) is 0 Å². The third kappa shape index (κ3) is 4.11. The predicted molar refractivity (Wildman–Crippen MR) is 162 cm³/mol. The quantitative estimate of drug-likeness (QED) is 0.207. The second-order valence-electron chi connectivity index (χ2n) is 10.7. The van der Waals surface area contributed by atoms with Crippen molar-refractivity contribution in [3.05, 3.63) is 99.6 Å². The zero-order valence-corrected chi connectivity index (χ0v) is 24.8. The number of benzene rings is 3. The molecule has 9 heteroatoms. The number of methoxy groups -OCH3 is 3. The Hall–Kier alpha value is -5.02. The molecule has 6 rings (SSSR count). The van der Waals surface area contributed by atoms with E-state index in [0.29, 0.717) is 56.6 Å². The van der Waals surface area contributed by atoms with Crippen LogP contribution in [-0.2, 0) is 5.41 Å². The van der Waals surface area contributed by atoms with Gasteiger partial charge in [0, 0.05) is 17.2 Å². The highest BCUT2D eigenvalue weighted by Gasteiger charge is 2.55. The van der Waals surface area contributed by atoms with Crippen molar-refractivity contribution >= 4 is 17.9 Å². The van der Waals surface area contributed by atoms with Crippen LogP contribution in [0.5, 0.6) is 28.7 Å². The van der Waals surface area contributed by atoms with Gasteiger partial charge in [0.25, 0.3) is 0 Å². The fourth-order valence-electron chi connectivity index (χ4n) is 6.09. The number of allylic oxidation sites excluding steroid dienone is 1. The first-order valence-corrected chi connectivity index (χ1v) is 13.8. The van der Waals surface area contributed by atoms with Crippen LogP contribution in [0, 0.1) is 13.8 Å². The highest BCUT2D eigenvalue weighted by Crippen LogP contribution is 2.62. The Kier molecular flexibility index (Phi) is 6.77. The van der Waals surface area contributed by atoms with E-state index in [1.165, 1.54) is 20.3 Å². The number of phenols is 1. The highest BCUT2D eigenvalue weighted by atomic mass is 16.5. The van der Waals surface area contributed by atoms with E-state index >= 15 is 0 Å². The number of carbonyl (C=O) groups excluding carboxylic acids is 1. The van der Waals surface area contributed by atoms with Gasteiger partial charge in [-0.05, 0) is 56.7 Å². The van der Waals surface area contributed by atoms with Gasteiger partial charge in [-0.15, -0.1) is 0 Å². The van der Waals surface area contributed by atoms with Gasteiger partial charge in [-0.25, -0.2) is 4.68 Å². The van der Waals surface area contributed by atoms with Gasteiger partial charge in [0.1, 0.15) is 28.6 Å². The van der Waals surface area contributed by atoms with Crippen molar-refractivity contribution in [3.8, 4) is 34.4 Å². The molecule has 1 aromatic heterocycles. The summed E-state index contributed by atoms with van der Waals surface area (Å²) in [5.74, 6) is 1.27. The summed E-state index contributed by atoms with van der Waals surface area (Å²) in [5.41, 5.74) is 3.25. The average Bonchev–Trinajstić information content (AvgIpc) is 3.51. The van der Waals surface area contributed by atoms with Crippen LogP contribution in [0.4, 0.5) is 0 Å². The van der Waals surface area contributed by atoms with E-state index in [-0.39, 0.29) is 17.1 Å². The Morgan fingerprint density at radius 1 is 1.05 bits per heavy atom. The van der Waals surface area contributed by atoms with Crippen LogP contribution < -0.4 is 18.9 Å². The monoisotopic (exact) mass is 580 g/mol. The number of aromatic hydroxyl groups is 1. The van der Waals surface area contributed by atoms with Crippen LogP contribution in [0.25, 0.3) is 17.8 Å². The lowest BCUT2D eigenvalue weighted by atomic mass is 9.70. The summed E-state index contributed by atoms with van der Waals surface area (Å²) in [6.07, 6.45) is 3.76. The van der Waals surface area contributed by atoms with Gasteiger partial charge in [0.05, 0.1) is 55.5 Å². The number of ether oxygens (including phenoxy) is 4. The minimum Gasteiger partial charge on any atom is -0.507 e. The SMILES string of the molecule is COc1ccc(/C=C/C(=O)c2c(O)c(C)c(OC)c3c2OC2=Cc4c(c(C)nn4-c4ccccc4)[C@@H](O)[C@@]23C)cc1OC. The Labute approximate surface area is 249 Å². The largest absolute Gasteiger partial charge is 0.507 e. The molecular weight excluding hydrogens is 548 g/mol. The van der Waals surface area contributed by atoms with Crippen molar-refractivity contribution < 1.29 is 34.0 Å². The molecule has 2 N–H and O–H groups in total. The van der Waals surface area contributed by atoms with Crippen molar-refractivity contribution in [2.45, 2.75) is 32.3 Å². The van der Waals surface area contributed by atoms with Crippen LogP contribution in [0.1, 0.15) is 57.0 Å². The molecule has 0 saturated carbocycles. The Balaban J connectivity index is 1.49. The molecule has 2 heterocycles. The summed E-state index contributed by atoms with van der Waals surface area (Å²) in [4.78, 5) is 13.8. The van der Waals surface area contributed by atoms with Gasteiger partial charge in [0.15, 0.2) is 17.3 Å². The number of aliphatic hydroxyl groups excluding tert-OH is 1. The number of carbonyl (C=O) groups is 1. The molecule has 0 radical (unpaired) electrons. The van der Waals surface area contributed by atoms with Crippen LogP contribution in [-0.4, -0.2) is 47.1 Å². The predicted octanol–water partition coefficient (Wildman–Crippen LogP) is 5.85. The van der Waals surface area contributed by atoms with E-state index in [2.05, 4.69) is 0 Å². The average molecular weight is 581 g/mol. The molecule has 2 atom stereocenters. The van der Waals surface area contributed by atoms with Crippen LogP contribution in [0.2, 0.25) is 0 Å². The second-order valence-corrected chi connectivity index (χ2v) is 10.7. The molecule has 2 aliphatic rings. The van der Waals surface area contributed by atoms with E-state index < -0.39 is 17.3 Å². The van der Waals surface area contributed by atoms with Gasteiger partial charge < -0.3 is 29.2 Å². The third-order valence-electron chi connectivity index (χ3n) is 8.38. The first-order chi connectivity index (χ1) is 20.6.